The number of unbranched alkanes of at least 4 members (excludes halogenated alkanes) is 2. The Balaban J connectivity index is 1.80. The fourth-order valence-electron chi connectivity index (χ4n) is 3.68. The van der Waals surface area contributed by atoms with Gasteiger partial charge in [0.05, 0.1) is 11.1 Å². The minimum absolute atomic E-state index is 0.0780. The summed E-state index contributed by atoms with van der Waals surface area (Å²) in [5, 5.41) is 12.3. The van der Waals surface area contributed by atoms with E-state index in [2.05, 4.69) is 6.92 Å². The van der Waals surface area contributed by atoms with Crippen molar-refractivity contribution in [2.75, 3.05) is 0 Å². The van der Waals surface area contributed by atoms with E-state index in [1.165, 1.54) is 12.1 Å². The SMILES string of the molecule is CCCCCc1ccc(-c2c([O])cc(F)c(CCc3ccc(C(F)(F)F)cc3)c2F)cc1. The van der Waals surface area contributed by atoms with Gasteiger partial charge in [-0.25, -0.2) is 8.78 Å². The number of hydrogen-bond acceptors (Lipinski definition) is 0. The van der Waals surface area contributed by atoms with Crippen LogP contribution in [0.25, 0.3) is 11.1 Å². The largest absolute Gasteiger partial charge is 0.416 e. The van der Waals surface area contributed by atoms with E-state index >= 15 is 4.39 Å². The zero-order valence-electron chi connectivity index (χ0n) is 17.7. The summed E-state index contributed by atoms with van der Waals surface area (Å²) in [6.45, 7) is 2.12. The van der Waals surface area contributed by atoms with Crippen molar-refractivity contribution in [3.8, 4) is 16.9 Å². The number of halogens is 5. The summed E-state index contributed by atoms with van der Waals surface area (Å²) in [6.07, 6.45) is -0.230. The highest BCUT2D eigenvalue weighted by Crippen LogP contribution is 2.36. The smallest absolute Gasteiger partial charge is 0.289 e. The molecule has 32 heavy (non-hydrogen) atoms. The predicted molar refractivity (Wildman–Crippen MR) is 114 cm³/mol. The zero-order chi connectivity index (χ0) is 23.3. The summed E-state index contributed by atoms with van der Waals surface area (Å²) in [5.41, 5.74) is 0.762. The molecule has 0 unspecified atom stereocenters. The molecule has 0 saturated heterocycles. The minimum atomic E-state index is -4.44. The van der Waals surface area contributed by atoms with Crippen molar-refractivity contribution >= 4 is 0 Å². The molecule has 0 heterocycles. The van der Waals surface area contributed by atoms with Gasteiger partial charge in [-0.05, 0) is 54.5 Å². The minimum Gasteiger partial charge on any atom is -0.289 e. The predicted octanol–water partition coefficient (Wildman–Crippen LogP) is 8.31. The highest BCUT2D eigenvalue weighted by atomic mass is 19.4. The van der Waals surface area contributed by atoms with E-state index in [1.54, 1.807) is 12.1 Å². The second-order valence-electron chi connectivity index (χ2n) is 7.87. The van der Waals surface area contributed by atoms with Gasteiger partial charge in [-0.15, -0.1) is 0 Å². The third-order valence-electron chi connectivity index (χ3n) is 5.53. The number of hydrogen-bond donors (Lipinski definition) is 0. The van der Waals surface area contributed by atoms with Crippen molar-refractivity contribution in [3.05, 3.63) is 88.5 Å². The lowest BCUT2D eigenvalue weighted by Crippen LogP contribution is -2.05. The van der Waals surface area contributed by atoms with E-state index in [1.807, 2.05) is 12.1 Å². The van der Waals surface area contributed by atoms with Crippen LogP contribution in [0, 0.1) is 11.6 Å². The van der Waals surface area contributed by atoms with Gasteiger partial charge in [0.15, 0.2) is 5.75 Å². The summed E-state index contributed by atoms with van der Waals surface area (Å²) < 4.78 is 67.6. The monoisotopic (exact) mass is 447 g/mol. The summed E-state index contributed by atoms with van der Waals surface area (Å²) >= 11 is 0. The van der Waals surface area contributed by atoms with Gasteiger partial charge in [0, 0.05) is 11.6 Å². The van der Waals surface area contributed by atoms with Crippen LogP contribution in [0.3, 0.4) is 0 Å². The Labute approximate surface area is 184 Å². The van der Waals surface area contributed by atoms with Crippen LogP contribution in [0.4, 0.5) is 22.0 Å². The molecular formula is C26H24F5O. The molecule has 1 nitrogen and oxygen atoms in total. The van der Waals surface area contributed by atoms with E-state index in [9.17, 15) is 22.7 Å². The van der Waals surface area contributed by atoms with Crippen LogP contribution in [0.1, 0.15) is 48.4 Å². The maximum atomic E-state index is 15.2. The van der Waals surface area contributed by atoms with Crippen molar-refractivity contribution < 1.29 is 27.1 Å². The molecule has 0 aliphatic rings. The van der Waals surface area contributed by atoms with Gasteiger partial charge >= 0.3 is 6.18 Å². The van der Waals surface area contributed by atoms with Crippen LogP contribution >= 0.6 is 0 Å². The van der Waals surface area contributed by atoms with Gasteiger partial charge in [-0.2, -0.15) is 13.2 Å². The van der Waals surface area contributed by atoms with E-state index < -0.39 is 29.1 Å². The molecule has 3 rings (SSSR count). The lowest BCUT2D eigenvalue weighted by Gasteiger charge is -2.12. The highest BCUT2D eigenvalue weighted by Gasteiger charge is 2.30. The van der Waals surface area contributed by atoms with Crippen LogP contribution in [-0.2, 0) is 30.5 Å². The summed E-state index contributed by atoms with van der Waals surface area (Å²) in [5.74, 6) is -2.60. The first-order chi connectivity index (χ1) is 15.2. The maximum Gasteiger partial charge on any atom is 0.416 e. The second-order valence-corrected chi connectivity index (χ2v) is 7.87. The van der Waals surface area contributed by atoms with Gasteiger partial charge in [-0.1, -0.05) is 56.2 Å². The van der Waals surface area contributed by atoms with Crippen molar-refractivity contribution in [1.29, 1.82) is 0 Å². The first kappa shape index (κ1) is 23.8. The maximum absolute atomic E-state index is 15.2. The van der Waals surface area contributed by atoms with Crippen molar-refractivity contribution in [2.45, 2.75) is 51.6 Å². The molecule has 3 aromatic carbocycles. The van der Waals surface area contributed by atoms with Crippen molar-refractivity contribution in [2.24, 2.45) is 0 Å². The quantitative estimate of drug-likeness (QED) is 0.244. The summed E-state index contributed by atoms with van der Waals surface area (Å²) in [4.78, 5) is 0. The average Bonchev–Trinajstić information content (AvgIpc) is 2.74. The van der Waals surface area contributed by atoms with Gasteiger partial charge in [0.25, 0.3) is 0 Å². The normalized spacial score (nSPS) is 11.7. The third-order valence-corrected chi connectivity index (χ3v) is 5.53. The number of rotatable bonds is 8. The summed E-state index contributed by atoms with van der Waals surface area (Å²) in [7, 11) is 0. The van der Waals surface area contributed by atoms with E-state index in [-0.39, 0.29) is 24.0 Å². The van der Waals surface area contributed by atoms with Crippen LogP contribution < -0.4 is 0 Å². The molecule has 0 atom stereocenters. The molecule has 0 spiro atoms. The average molecular weight is 447 g/mol. The molecule has 1 radical (unpaired) electrons. The number of benzene rings is 3. The van der Waals surface area contributed by atoms with Crippen LogP contribution in [0.5, 0.6) is 5.75 Å². The first-order valence-electron chi connectivity index (χ1n) is 10.6. The van der Waals surface area contributed by atoms with Gasteiger partial charge in [0.1, 0.15) is 11.6 Å². The molecule has 3 aromatic rings. The molecule has 0 saturated carbocycles. The Morgan fingerprint density at radius 1 is 0.781 bits per heavy atom. The Bertz CT molecular complexity index is 1040. The standard InChI is InChI=1S/C26H24F5O/c1-2-3-4-5-17-6-11-19(12-7-17)24-23(32)16-22(27)21(25(24)28)15-10-18-8-13-20(14-9-18)26(29,30)31/h6-9,11-14,16H,2-5,10,15H2,1H3. The molecule has 169 valence electrons. The summed E-state index contributed by atoms with van der Waals surface area (Å²) in [6, 6.07) is 12.3. The van der Waals surface area contributed by atoms with Crippen molar-refractivity contribution in [3.63, 3.8) is 0 Å². The molecule has 0 aliphatic carbocycles. The fourth-order valence-corrected chi connectivity index (χ4v) is 3.68. The molecule has 0 bridgehead atoms. The van der Waals surface area contributed by atoms with Crippen molar-refractivity contribution in [1.82, 2.24) is 0 Å². The topological polar surface area (TPSA) is 19.9 Å². The first-order valence-corrected chi connectivity index (χ1v) is 10.6. The van der Waals surface area contributed by atoms with Crippen LogP contribution in [-0.4, -0.2) is 0 Å². The molecule has 0 N–H and O–H groups in total. The molecule has 0 fully saturated rings. The van der Waals surface area contributed by atoms with E-state index in [0.29, 0.717) is 11.1 Å². The van der Waals surface area contributed by atoms with Gasteiger partial charge < -0.3 is 0 Å². The lowest BCUT2D eigenvalue weighted by atomic mass is 9.95. The zero-order valence-corrected chi connectivity index (χ0v) is 17.7. The number of alkyl halides is 3. The van der Waals surface area contributed by atoms with Gasteiger partial charge in [0.2, 0.25) is 0 Å². The van der Waals surface area contributed by atoms with Gasteiger partial charge in [-0.3, -0.25) is 5.11 Å². The fraction of sp³-hybridized carbons (Fsp3) is 0.308. The molecule has 0 aliphatic heterocycles. The highest BCUT2D eigenvalue weighted by molar-refractivity contribution is 5.72. The third kappa shape index (κ3) is 5.67. The van der Waals surface area contributed by atoms with E-state index in [0.717, 1.165) is 49.4 Å². The Hall–Kier alpha value is -2.89. The second kappa shape index (κ2) is 10.2. The van der Waals surface area contributed by atoms with Crippen LogP contribution in [0.15, 0.2) is 54.6 Å². The molecule has 0 aromatic heterocycles. The number of aryl methyl sites for hydroxylation is 2. The Morgan fingerprint density at radius 3 is 1.97 bits per heavy atom. The molecular weight excluding hydrogens is 423 g/mol. The Morgan fingerprint density at radius 2 is 1.38 bits per heavy atom. The molecule has 6 heteroatoms. The van der Waals surface area contributed by atoms with Crippen LogP contribution in [0.2, 0.25) is 0 Å². The van der Waals surface area contributed by atoms with E-state index in [4.69, 9.17) is 0 Å². The molecule has 0 amide bonds. The Kier molecular flexibility index (Phi) is 7.54. The lowest BCUT2D eigenvalue weighted by molar-refractivity contribution is -0.137.